The van der Waals surface area contributed by atoms with E-state index in [1.165, 1.54) is 0 Å². The van der Waals surface area contributed by atoms with E-state index in [4.69, 9.17) is 9.47 Å². The zero-order valence-electron chi connectivity index (χ0n) is 17.6. The van der Waals surface area contributed by atoms with Crippen molar-refractivity contribution in [2.24, 2.45) is 5.10 Å². The number of unbranched alkanes of at least 4 members (excludes halogenated alkanes) is 1. The number of hydrogen-bond acceptors (Lipinski definition) is 7. The molecule has 1 aliphatic heterocycles. The molecule has 0 bridgehead atoms. The minimum absolute atomic E-state index is 0.229. The number of hydrazone groups is 1. The van der Waals surface area contributed by atoms with Gasteiger partial charge in [0.15, 0.2) is 11.6 Å². The minimum atomic E-state index is -0.461. The van der Waals surface area contributed by atoms with Gasteiger partial charge in [-0.1, -0.05) is 43.7 Å². The van der Waals surface area contributed by atoms with Crippen LogP contribution in [-0.2, 0) is 4.74 Å². The maximum atomic E-state index is 14.2. The van der Waals surface area contributed by atoms with Gasteiger partial charge in [-0.3, -0.25) is 0 Å². The van der Waals surface area contributed by atoms with Gasteiger partial charge in [0.1, 0.15) is 5.75 Å². The van der Waals surface area contributed by atoms with E-state index in [0.717, 1.165) is 41.1 Å². The molecular weight excluding hydrogens is 397 g/mol. The zero-order chi connectivity index (χ0) is 21.5. The van der Waals surface area contributed by atoms with Crippen molar-refractivity contribution >= 4 is 28.8 Å². The van der Waals surface area contributed by atoms with Gasteiger partial charge in [0.25, 0.3) is 0 Å². The van der Waals surface area contributed by atoms with E-state index in [1.54, 1.807) is 6.21 Å². The topological polar surface area (TPSA) is 71.9 Å². The van der Waals surface area contributed by atoms with Crippen molar-refractivity contribution in [3.63, 3.8) is 0 Å². The van der Waals surface area contributed by atoms with E-state index in [0.29, 0.717) is 32.9 Å². The Morgan fingerprint density at radius 1 is 1.23 bits per heavy atom. The van der Waals surface area contributed by atoms with Crippen LogP contribution in [0.3, 0.4) is 0 Å². The lowest BCUT2D eigenvalue weighted by molar-refractivity contribution is 0.122. The molecule has 0 amide bonds. The Morgan fingerprint density at radius 3 is 2.90 bits per heavy atom. The third-order valence-electron chi connectivity index (χ3n) is 5.08. The molecular formula is C23H26FN5O2. The number of fused-ring (bicyclic) bond motifs is 1. The van der Waals surface area contributed by atoms with E-state index in [1.807, 2.05) is 41.3 Å². The fourth-order valence-electron chi connectivity index (χ4n) is 3.42. The molecule has 162 valence electrons. The molecule has 3 aromatic rings. The molecule has 1 fully saturated rings. The van der Waals surface area contributed by atoms with Crippen molar-refractivity contribution in [2.75, 3.05) is 43.2 Å². The quantitative estimate of drug-likeness (QED) is 0.332. The summed E-state index contributed by atoms with van der Waals surface area (Å²) >= 11 is 0. The van der Waals surface area contributed by atoms with E-state index in [-0.39, 0.29) is 11.8 Å². The predicted octanol–water partition coefficient (Wildman–Crippen LogP) is 4.23. The van der Waals surface area contributed by atoms with Crippen LogP contribution in [0.5, 0.6) is 5.75 Å². The monoisotopic (exact) mass is 423 g/mol. The van der Waals surface area contributed by atoms with Gasteiger partial charge in [-0.05, 0) is 23.3 Å². The molecule has 31 heavy (non-hydrogen) atoms. The molecule has 0 saturated carbocycles. The summed E-state index contributed by atoms with van der Waals surface area (Å²) in [5.74, 6) is 0.793. The Hall–Kier alpha value is -3.26. The lowest BCUT2D eigenvalue weighted by atomic mass is 10.0. The maximum absolute atomic E-state index is 14.2. The van der Waals surface area contributed by atoms with Crippen LogP contribution >= 0.6 is 0 Å². The van der Waals surface area contributed by atoms with E-state index in [2.05, 4.69) is 27.4 Å². The molecule has 1 saturated heterocycles. The summed E-state index contributed by atoms with van der Waals surface area (Å²) < 4.78 is 25.5. The van der Waals surface area contributed by atoms with Gasteiger partial charge >= 0.3 is 0 Å². The van der Waals surface area contributed by atoms with Gasteiger partial charge in [-0.15, -0.1) is 0 Å². The predicted molar refractivity (Wildman–Crippen MR) is 121 cm³/mol. The van der Waals surface area contributed by atoms with Crippen LogP contribution in [0.4, 0.5) is 16.2 Å². The fourth-order valence-corrected chi connectivity index (χ4v) is 3.42. The molecule has 2 heterocycles. The SMILES string of the molecule is CCCCOc1ccc2ccccc2c1C=NNc1ncc(F)c(N2CCOCC2)n1. The third kappa shape index (κ3) is 5.08. The highest BCUT2D eigenvalue weighted by atomic mass is 19.1. The second-order valence-corrected chi connectivity index (χ2v) is 7.24. The number of nitrogens with one attached hydrogen (secondary N) is 1. The summed E-state index contributed by atoms with van der Waals surface area (Å²) in [6.45, 7) is 5.05. The fraction of sp³-hybridized carbons (Fsp3) is 0.348. The summed E-state index contributed by atoms with van der Waals surface area (Å²) in [6.07, 6.45) is 4.90. The number of nitrogens with zero attached hydrogens (tertiary/aromatic N) is 4. The summed E-state index contributed by atoms with van der Waals surface area (Å²) in [5, 5.41) is 6.46. The van der Waals surface area contributed by atoms with E-state index >= 15 is 0 Å². The number of aromatic nitrogens is 2. The summed E-state index contributed by atoms with van der Waals surface area (Å²) in [6, 6.07) is 12.1. The van der Waals surface area contributed by atoms with Crippen molar-refractivity contribution in [1.29, 1.82) is 0 Å². The highest BCUT2D eigenvalue weighted by molar-refractivity contribution is 6.02. The lowest BCUT2D eigenvalue weighted by Gasteiger charge is -2.27. The van der Waals surface area contributed by atoms with Crippen LogP contribution in [0.2, 0.25) is 0 Å². The number of ether oxygens (including phenoxy) is 2. The number of halogens is 1. The Bertz CT molecular complexity index is 1050. The van der Waals surface area contributed by atoms with Gasteiger partial charge in [0, 0.05) is 18.7 Å². The molecule has 0 aliphatic carbocycles. The van der Waals surface area contributed by atoms with Crippen LogP contribution in [0.15, 0.2) is 47.7 Å². The van der Waals surface area contributed by atoms with Crippen molar-refractivity contribution in [2.45, 2.75) is 19.8 Å². The van der Waals surface area contributed by atoms with Crippen LogP contribution < -0.4 is 15.1 Å². The summed E-state index contributed by atoms with van der Waals surface area (Å²) in [4.78, 5) is 10.2. The summed E-state index contributed by atoms with van der Waals surface area (Å²) in [5.41, 5.74) is 3.70. The number of morpholine rings is 1. The molecule has 1 aromatic heterocycles. The lowest BCUT2D eigenvalue weighted by Crippen LogP contribution is -2.37. The van der Waals surface area contributed by atoms with Crippen LogP contribution in [0, 0.1) is 5.82 Å². The first-order chi connectivity index (χ1) is 15.3. The number of rotatable bonds is 8. The largest absolute Gasteiger partial charge is 0.493 e. The average Bonchev–Trinajstić information content (AvgIpc) is 2.81. The van der Waals surface area contributed by atoms with E-state index in [9.17, 15) is 4.39 Å². The standard InChI is InChI=1S/C23H26FN5O2/c1-2-3-12-31-21-9-8-17-6-4-5-7-18(17)19(21)15-26-28-23-25-16-20(24)22(27-23)29-10-13-30-14-11-29/h4-9,15-16H,2-3,10-14H2,1H3,(H,25,27,28). The minimum Gasteiger partial charge on any atom is -0.493 e. The smallest absolute Gasteiger partial charge is 0.245 e. The summed E-state index contributed by atoms with van der Waals surface area (Å²) in [7, 11) is 0. The molecule has 4 rings (SSSR count). The van der Waals surface area contributed by atoms with Gasteiger partial charge in [0.2, 0.25) is 5.95 Å². The van der Waals surface area contributed by atoms with Crippen molar-refractivity contribution in [1.82, 2.24) is 9.97 Å². The van der Waals surface area contributed by atoms with Gasteiger partial charge in [-0.2, -0.15) is 10.1 Å². The van der Waals surface area contributed by atoms with Crippen molar-refractivity contribution in [3.8, 4) is 5.75 Å². The third-order valence-corrected chi connectivity index (χ3v) is 5.08. The molecule has 8 heteroatoms. The Morgan fingerprint density at radius 2 is 2.06 bits per heavy atom. The number of hydrogen-bond donors (Lipinski definition) is 1. The molecule has 1 N–H and O–H groups in total. The normalized spacial score (nSPS) is 14.3. The van der Waals surface area contributed by atoms with Crippen molar-refractivity contribution < 1.29 is 13.9 Å². The molecule has 0 spiro atoms. The van der Waals surface area contributed by atoms with Gasteiger partial charge in [-0.25, -0.2) is 14.8 Å². The van der Waals surface area contributed by atoms with Gasteiger partial charge < -0.3 is 14.4 Å². The maximum Gasteiger partial charge on any atom is 0.245 e. The van der Waals surface area contributed by atoms with Crippen molar-refractivity contribution in [3.05, 3.63) is 54.0 Å². The molecule has 0 unspecified atom stereocenters. The second-order valence-electron chi connectivity index (χ2n) is 7.24. The number of anilines is 2. The average molecular weight is 423 g/mol. The van der Waals surface area contributed by atoms with Crippen LogP contribution in [-0.4, -0.2) is 49.1 Å². The first kappa shape index (κ1) is 21.0. The molecule has 1 aliphatic rings. The first-order valence-electron chi connectivity index (χ1n) is 10.5. The Kier molecular flexibility index (Phi) is 6.89. The van der Waals surface area contributed by atoms with Crippen LogP contribution in [0.1, 0.15) is 25.3 Å². The van der Waals surface area contributed by atoms with E-state index < -0.39 is 5.82 Å². The Labute approximate surface area is 180 Å². The molecule has 0 radical (unpaired) electrons. The molecule has 2 aromatic carbocycles. The van der Waals surface area contributed by atoms with Gasteiger partial charge in [0.05, 0.1) is 32.2 Å². The number of benzene rings is 2. The highest BCUT2D eigenvalue weighted by Gasteiger charge is 2.17. The highest BCUT2D eigenvalue weighted by Crippen LogP contribution is 2.27. The molecule has 7 nitrogen and oxygen atoms in total. The zero-order valence-corrected chi connectivity index (χ0v) is 17.6. The molecule has 0 atom stereocenters. The second kappa shape index (κ2) is 10.2. The first-order valence-corrected chi connectivity index (χ1v) is 10.5. The Balaban J connectivity index is 1.56. The van der Waals surface area contributed by atoms with Crippen LogP contribution in [0.25, 0.3) is 10.8 Å².